The van der Waals surface area contributed by atoms with Crippen LogP contribution < -0.4 is 9.62 Å². The lowest BCUT2D eigenvalue weighted by Gasteiger charge is -2.33. The molecule has 0 bridgehead atoms. The van der Waals surface area contributed by atoms with E-state index in [0.717, 1.165) is 15.4 Å². The van der Waals surface area contributed by atoms with Gasteiger partial charge in [0, 0.05) is 30.6 Å². The van der Waals surface area contributed by atoms with Crippen LogP contribution in [0.25, 0.3) is 0 Å². The van der Waals surface area contributed by atoms with Gasteiger partial charge in [0.15, 0.2) is 0 Å². The summed E-state index contributed by atoms with van der Waals surface area (Å²) in [6.45, 7) is 0.977. The van der Waals surface area contributed by atoms with Crippen molar-refractivity contribution in [1.82, 2.24) is 10.2 Å². The van der Waals surface area contributed by atoms with E-state index in [1.54, 1.807) is 30.3 Å². The van der Waals surface area contributed by atoms with E-state index in [9.17, 15) is 22.4 Å². The van der Waals surface area contributed by atoms with E-state index >= 15 is 0 Å². The topological polar surface area (TPSA) is 86.8 Å². The van der Waals surface area contributed by atoms with E-state index in [4.69, 9.17) is 11.6 Å². The van der Waals surface area contributed by atoms with E-state index in [0.29, 0.717) is 5.02 Å². The minimum absolute atomic E-state index is 0.0620. The molecule has 1 atom stereocenters. The number of carbonyl (C=O) groups excluding carboxylic acids is 2. The zero-order valence-electron chi connectivity index (χ0n) is 23.2. The molecule has 4 rings (SSSR count). The highest BCUT2D eigenvalue weighted by Crippen LogP contribution is 2.26. The molecule has 0 spiro atoms. The Morgan fingerprint density at radius 3 is 2.12 bits per heavy atom. The van der Waals surface area contributed by atoms with Crippen molar-refractivity contribution in [2.75, 3.05) is 17.9 Å². The quantitative estimate of drug-likeness (QED) is 0.248. The Kier molecular flexibility index (Phi) is 9.98. The zero-order valence-corrected chi connectivity index (χ0v) is 24.8. The van der Waals surface area contributed by atoms with Crippen molar-refractivity contribution >= 4 is 39.1 Å². The SMILES string of the molecule is CNC(=O)[C@@H](Cc1ccccc1)N(Cc1ccccc1F)C(=O)CN(c1ccc(C)cc1)S(=O)(=O)c1ccc(Cl)cc1. The van der Waals surface area contributed by atoms with Crippen LogP contribution in [-0.2, 0) is 32.6 Å². The number of amides is 2. The summed E-state index contributed by atoms with van der Waals surface area (Å²) >= 11 is 6.00. The van der Waals surface area contributed by atoms with E-state index < -0.39 is 40.2 Å². The summed E-state index contributed by atoms with van der Waals surface area (Å²) in [7, 11) is -2.80. The predicted octanol–water partition coefficient (Wildman–Crippen LogP) is 5.37. The van der Waals surface area contributed by atoms with E-state index in [1.807, 2.05) is 37.3 Å². The Morgan fingerprint density at radius 2 is 1.50 bits per heavy atom. The summed E-state index contributed by atoms with van der Waals surface area (Å²) in [4.78, 5) is 28.6. The minimum Gasteiger partial charge on any atom is -0.357 e. The number of halogens is 2. The lowest BCUT2D eigenvalue weighted by Crippen LogP contribution is -2.53. The number of nitrogens with zero attached hydrogens (tertiary/aromatic N) is 2. The maximum absolute atomic E-state index is 14.8. The lowest BCUT2D eigenvalue weighted by atomic mass is 10.0. The molecule has 0 radical (unpaired) electrons. The molecule has 4 aromatic carbocycles. The fraction of sp³-hybridized carbons (Fsp3) is 0.188. The average Bonchev–Trinajstić information content (AvgIpc) is 2.99. The van der Waals surface area contributed by atoms with Crippen molar-refractivity contribution in [1.29, 1.82) is 0 Å². The Morgan fingerprint density at radius 1 is 0.881 bits per heavy atom. The van der Waals surface area contributed by atoms with Gasteiger partial charge in [0.25, 0.3) is 10.0 Å². The molecule has 42 heavy (non-hydrogen) atoms. The molecule has 0 aliphatic rings. The molecule has 0 fully saturated rings. The van der Waals surface area contributed by atoms with Gasteiger partial charge in [-0.1, -0.05) is 77.8 Å². The van der Waals surface area contributed by atoms with Crippen LogP contribution >= 0.6 is 11.6 Å². The summed E-state index contributed by atoms with van der Waals surface area (Å²) in [6.07, 6.45) is 0.134. The second kappa shape index (κ2) is 13.6. The lowest BCUT2D eigenvalue weighted by molar-refractivity contribution is -0.139. The maximum Gasteiger partial charge on any atom is 0.264 e. The highest BCUT2D eigenvalue weighted by Gasteiger charge is 2.34. The molecule has 0 unspecified atom stereocenters. The summed E-state index contributed by atoms with van der Waals surface area (Å²) < 4.78 is 43.7. The molecule has 218 valence electrons. The second-order valence-electron chi connectivity index (χ2n) is 9.73. The normalized spacial score (nSPS) is 11.9. The number of sulfonamides is 1. The molecule has 7 nitrogen and oxygen atoms in total. The first kappa shape index (κ1) is 30.7. The third-order valence-corrected chi connectivity index (χ3v) is 8.86. The Hall–Kier alpha value is -4.21. The van der Waals surface area contributed by atoms with Crippen molar-refractivity contribution < 1.29 is 22.4 Å². The first-order chi connectivity index (χ1) is 20.1. The van der Waals surface area contributed by atoms with Crippen molar-refractivity contribution in [3.63, 3.8) is 0 Å². The first-order valence-electron chi connectivity index (χ1n) is 13.2. The van der Waals surface area contributed by atoms with Gasteiger partial charge in [-0.3, -0.25) is 13.9 Å². The van der Waals surface area contributed by atoms with Gasteiger partial charge < -0.3 is 10.2 Å². The number of aryl methyl sites for hydroxylation is 1. The molecule has 4 aromatic rings. The van der Waals surface area contributed by atoms with Crippen LogP contribution in [0.2, 0.25) is 5.02 Å². The summed E-state index contributed by atoms with van der Waals surface area (Å²) in [6, 6.07) is 26.4. The predicted molar refractivity (Wildman–Crippen MR) is 162 cm³/mol. The van der Waals surface area contributed by atoms with E-state index in [1.165, 1.54) is 54.4 Å². The summed E-state index contributed by atoms with van der Waals surface area (Å²) in [5.41, 5.74) is 2.13. The third kappa shape index (κ3) is 7.35. The van der Waals surface area contributed by atoms with Crippen LogP contribution in [0.1, 0.15) is 16.7 Å². The molecule has 10 heteroatoms. The van der Waals surface area contributed by atoms with Gasteiger partial charge in [0.05, 0.1) is 10.6 Å². The highest BCUT2D eigenvalue weighted by molar-refractivity contribution is 7.92. The molecule has 0 aliphatic carbocycles. The van der Waals surface area contributed by atoms with Crippen molar-refractivity contribution in [3.05, 3.63) is 131 Å². The number of nitrogens with one attached hydrogen (secondary N) is 1. The van der Waals surface area contributed by atoms with E-state index in [-0.39, 0.29) is 29.1 Å². The van der Waals surface area contributed by atoms with Crippen LogP contribution in [0.3, 0.4) is 0 Å². The van der Waals surface area contributed by atoms with Gasteiger partial charge in [0.2, 0.25) is 11.8 Å². The van der Waals surface area contributed by atoms with Crippen LogP contribution in [0.15, 0.2) is 108 Å². The van der Waals surface area contributed by atoms with Crippen molar-refractivity contribution in [2.24, 2.45) is 0 Å². The standard InChI is InChI=1S/C32H31ClFN3O4S/c1-23-12-16-27(17-13-23)37(42(40,41)28-18-14-26(33)15-19-28)22-31(38)36(21-25-10-6-7-11-29(25)34)30(32(39)35-2)20-24-8-4-3-5-9-24/h3-19,30H,20-22H2,1-2H3,(H,35,39)/t30-/m1/s1. The fourth-order valence-corrected chi connectivity index (χ4v) is 6.04. The smallest absolute Gasteiger partial charge is 0.264 e. The first-order valence-corrected chi connectivity index (χ1v) is 15.1. The third-order valence-electron chi connectivity index (χ3n) is 6.82. The molecular formula is C32H31ClFN3O4S. The Bertz CT molecular complexity index is 1630. The number of likely N-dealkylation sites (N-methyl/N-ethyl adjacent to an activating group) is 1. The van der Waals surface area contributed by atoms with Crippen LogP contribution in [0, 0.1) is 12.7 Å². The van der Waals surface area contributed by atoms with Gasteiger partial charge in [-0.05, 0) is 55.0 Å². The van der Waals surface area contributed by atoms with Gasteiger partial charge in [0.1, 0.15) is 18.4 Å². The van der Waals surface area contributed by atoms with Gasteiger partial charge in [-0.25, -0.2) is 12.8 Å². The van der Waals surface area contributed by atoms with Gasteiger partial charge in [-0.15, -0.1) is 0 Å². The molecule has 0 aromatic heterocycles. The van der Waals surface area contributed by atoms with Crippen molar-refractivity contribution in [2.45, 2.75) is 30.8 Å². The number of benzene rings is 4. The molecule has 2 amide bonds. The number of hydrogen-bond donors (Lipinski definition) is 1. The average molecular weight is 608 g/mol. The van der Waals surface area contributed by atoms with E-state index in [2.05, 4.69) is 5.32 Å². The molecule has 1 N–H and O–H groups in total. The largest absolute Gasteiger partial charge is 0.357 e. The Labute approximate surface area is 250 Å². The van der Waals surface area contributed by atoms with Gasteiger partial charge >= 0.3 is 0 Å². The Balaban J connectivity index is 1.79. The fourth-order valence-electron chi connectivity index (χ4n) is 4.50. The maximum atomic E-state index is 14.8. The van der Waals surface area contributed by atoms with Crippen LogP contribution in [0.4, 0.5) is 10.1 Å². The summed E-state index contributed by atoms with van der Waals surface area (Å²) in [5.74, 6) is -1.69. The molecule has 0 saturated heterocycles. The van der Waals surface area contributed by atoms with Crippen LogP contribution in [-0.4, -0.2) is 44.8 Å². The number of hydrogen-bond acceptors (Lipinski definition) is 4. The highest BCUT2D eigenvalue weighted by atomic mass is 35.5. The molecule has 0 aliphatic heterocycles. The summed E-state index contributed by atoms with van der Waals surface area (Å²) in [5, 5.41) is 2.96. The number of rotatable bonds is 11. The monoisotopic (exact) mass is 607 g/mol. The molecule has 0 saturated carbocycles. The number of carbonyl (C=O) groups is 2. The van der Waals surface area contributed by atoms with Crippen molar-refractivity contribution in [3.8, 4) is 0 Å². The van der Waals surface area contributed by atoms with Crippen LogP contribution in [0.5, 0.6) is 0 Å². The van der Waals surface area contributed by atoms with Gasteiger partial charge in [-0.2, -0.15) is 0 Å². The zero-order chi connectivity index (χ0) is 30.3. The number of anilines is 1. The minimum atomic E-state index is -4.25. The second-order valence-corrected chi connectivity index (χ2v) is 12.0. The molecular weight excluding hydrogens is 577 g/mol. The molecule has 0 heterocycles.